The van der Waals surface area contributed by atoms with E-state index in [1.165, 1.54) is 0 Å². The number of hydrogen-bond donors (Lipinski definition) is 1. The molecule has 106 valence electrons. The summed E-state index contributed by atoms with van der Waals surface area (Å²) in [5.74, 6) is 0.780. The Morgan fingerprint density at radius 2 is 2.11 bits per heavy atom. The lowest BCUT2D eigenvalue weighted by Crippen LogP contribution is -2.42. The third-order valence-electron chi connectivity index (χ3n) is 3.49. The van der Waals surface area contributed by atoms with Gasteiger partial charge in [-0.3, -0.25) is 0 Å². The minimum Gasteiger partial charge on any atom is -0.411 e. The van der Waals surface area contributed by atoms with Gasteiger partial charge in [0.15, 0.2) is 9.84 Å². The first kappa shape index (κ1) is 15.4. The van der Waals surface area contributed by atoms with Crippen molar-refractivity contribution >= 4 is 15.5 Å². The van der Waals surface area contributed by atoms with E-state index in [0.717, 1.165) is 31.6 Å². The number of piperidine rings is 1. The van der Waals surface area contributed by atoms with E-state index in [4.69, 9.17) is 5.21 Å². The van der Waals surface area contributed by atoms with Crippen LogP contribution in [0.25, 0.3) is 0 Å². The van der Waals surface area contributed by atoms with Crippen molar-refractivity contribution in [3.63, 3.8) is 0 Å². The Hall–Kier alpha value is -0.620. The molecule has 0 aromatic rings. The highest BCUT2D eigenvalue weighted by Crippen LogP contribution is 2.17. The number of sulfone groups is 1. The van der Waals surface area contributed by atoms with Crippen LogP contribution in [0.2, 0.25) is 0 Å². The van der Waals surface area contributed by atoms with E-state index >= 15 is 0 Å². The van der Waals surface area contributed by atoms with Crippen LogP contribution in [0.3, 0.4) is 0 Å². The molecular formula is C12H24N2O3S. The van der Waals surface area contributed by atoms with Gasteiger partial charge in [-0.1, -0.05) is 19.0 Å². The van der Waals surface area contributed by atoms with Crippen molar-refractivity contribution in [2.75, 3.05) is 31.1 Å². The summed E-state index contributed by atoms with van der Waals surface area (Å²) in [6, 6.07) is 0. The average Bonchev–Trinajstić information content (AvgIpc) is 2.36. The Bertz CT molecular complexity index is 379. The van der Waals surface area contributed by atoms with Crippen molar-refractivity contribution in [1.82, 2.24) is 4.90 Å². The third kappa shape index (κ3) is 4.57. The maximum atomic E-state index is 11.7. The zero-order valence-electron chi connectivity index (χ0n) is 11.3. The molecule has 0 bridgehead atoms. The summed E-state index contributed by atoms with van der Waals surface area (Å²) in [6.45, 7) is 6.13. The highest BCUT2D eigenvalue weighted by atomic mass is 32.2. The molecule has 0 aliphatic carbocycles. The van der Waals surface area contributed by atoms with Gasteiger partial charge in [-0.15, -0.1) is 0 Å². The summed E-state index contributed by atoms with van der Waals surface area (Å²) in [7, 11) is -2.90. The van der Waals surface area contributed by atoms with E-state index in [1.54, 1.807) is 0 Å². The van der Waals surface area contributed by atoms with Crippen molar-refractivity contribution < 1.29 is 13.6 Å². The van der Waals surface area contributed by atoms with Crippen molar-refractivity contribution in [1.29, 1.82) is 0 Å². The summed E-state index contributed by atoms with van der Waals surface area (Å²) >= 11 is 0. The molecule has 1 saturated heterocycles. The van der Waals surface area contributed by atoms with Gasteiger partial charge in [0.1, 0.15) is 0 Å². The van der Waals surface area contributed by atoms with Gasteiger partial charge in [0.25, 0.3) is 0 Å². The molecule has 0 amide bonds. The summed E-state index contributed by atoms with van der Waals surface area (Å²) in [5, 5.41) is 12.2. The Morgan fingerprint density at radius 3 is 2.67 bits per heavy atom. The molecule has 0 aromatic carbocycles. The second kappa shape index (κ2) is 7.09. The molecule has 0 radical (unpaired) electrons. The molecule has 1 unspecified atom stereocenters. The normalized spacial score (nSPS) is 24.6. The second-order valence-electron chi connectivity index (χ2n) is 4.90. The topological polar surface area (TPSA) is 70.0 Å². The first-order valence-electron chi connectivity index (χ1n) is 6.66. The molecule has 1 aliphatic heterocycles. The van der Waals surface area contributed by atoms with Crippen LogP contribution in [0.15, 0.2) is 5.16 Å². The van der Waals surface area contributed by atoms with Gasteiger partial charge in [-0.25, -0.2) is 8.42 Å². The minimum atomic E-state index is -2.90. The number of likely N-dealkylation sites (tertiary alicyclic amines) is 1. The molecule has 6 heteroatoms. The highest BCUT2D eigenvalue weighted by Gasteiger charge is 2.25. The molecule has 18 heavy (non-hydrogen) atoms. The molecule has 0 aromatic heterocycles. The van der Waals surface area contributed by atoms with Gasteiger partial charge in [0, 0.05) is 37.7 Å². The lowest BCUT2D eigenvalue weighted by atomic mass is 9.93. The molecule has 1 rings (SSSR count). The molecule has 0 spiro atoms. The van der Waals surface area contributed by atoms with Crippen LogP contribution in [0.1, 0.15) is 33.1 Å². The second-order valence-corrected chi connectivity index (χ2v) is 7.20. The Morgan fingerprint density at radius 1 is 1.39 bits per heavy atom. The smallest absolute Gasteiger partial charge is 0.151 e. The molecule has 1 fully saturated rings. The maximum Gasteiger partial charge on any atom is 0.151 e. The molecule has 0 saturated carbocycles. The lowest BCUT2D eigenvalue weighted by molar-refractivity contribution is 0.238. The van der Waals surface area contributed by atoms with Crippen LogP contribution < -0.4 is 0 Å². The summed E-state index contributed by atoms with van der Waals surface area (Å²) in [5.41, 5.74) is 0.852. The van der Waals surface area contributed by atoms with Gasteiger partial charge in [0.2, 0.25) is 0 Å². The quantitative estimate of drug-likeness (QED) is 0.587. The van der Waals surface area contributed by atoms with Crippen LogP contribution in [-0.2, 0) is 9.84 Å². The molecule has 1 heterocycles. The van der Waals surface area contributed by atoms with Gasteiger partial charge < -0.3 is 10.1 Å². The zero-order chi connectivity index (χ0) is 13.6. The number of oxime groups is 1. The number of rotatable bonds is 6. The molecule has 1 aliphatic rings. The molecule has 1 atom stereocenters. The zero-order valence-corrected chi connectivity index (χ0v) is 12.1. The van der Waals surface area contributed by atoms with E-state index in [2.05, 4.69) is 17.0 Å². The molecule has 5 nitrogen and oxygen atoms in total. The predicted octanol–water partition coefficient (Wildman–Crippen LogP) is 1.37. The van der Waals surface area contributed by atoms with Gasteiger partial charge in [0.05, 0.1) is 11.5 Å². The average molecular weight is 276 g/mol. The monoisotopic (exact) mass is 276 g/mol. The van der Waals surface area contributed by atoms with Crippen molar-refractivity contribution in [2.24, 2.45) is 11.1 Å². The third-order valence-corrected chi connectivity index (χ3v) is 5.32. The van der Waals surface area contributed by atoms with Crippen molar-refractivity contribution in [3.05, 3.63) is 0 Å². The Balaban J connectivity index is 2.46. The fraction of sp³-hybridized carbons (Fsp3) is 0.917. The fourth-order valence-electron chi connectivity index (χ4n) is 2.37. The van der Waals surface area contributed by atoms with E-state index < -0.39 is 9.84 Å². The summed E-state index contributed by atoms with van der Waals surface area (Å²) in [4.78, 5) is 2.16. The Kier molecular flexibility index (Phi) is 6.08. The van der Waals surface area contributed by atoms with Crippen molar-refractivity contribution in [3.8, 4) is 0 Å². The van der Waals surface area contributed by atoms with Gasteiger partial charge in [-0.2, -0.15) is 0 Å². The minimum absolute atomic E-state index is 0.239. The largest absolute Gasteiger partial charge is 0.411 e. The van der Waals surface area contributed by atoms with Gasteiger partial charge >= 0.3 is 0 Å². The molecule has 1 N–H and O–H groups in total. The Labute approximate surface area is 110 Å². The summed E-state index contributed by atoms with van der Waals surface area (Å²) in [6.07, 6.45) is 2.35. The molecular weight excluding hydrogens is 252 g/mol. The van der Waals surface area contributed by atoms with E-state index in [-0.39, 0.29) is 17.4 Å². The van der Waals surface area contributed by atoms with E-state index in [1.807, 2.05) is 6.92 Å². The SMILES string of the molecule is CCCS(=O)(=O)CCN1CCC(=NO)C(CC)C1. The van der Waals surface area contributed by atoms with Crippen LogP contribution in [0.4, 0.5) is 0 Å². The van der Waals surface area contributed by atoms with Crippen LogP contribution in [0.5, 0.6) is 0 Å². The van der Waals surface area contributed by atoms with Crippen LogP contribution in [0, 0.1) is 5.92 Å². The fourth-order valence-corrected chi connectivity index (χ4v) is 3.73. The van der Waals surface area contributed by atoms with Crippen LogP contribution >= 0.6 is 0 Å². The lowest BCUT2D eigenvalue weighted by Gasteiger charge is -2.32. The van der Waals surface area contributed by atoms with Crippen LogP contribution in [-0.4, -0.2) is 55.4 Å². The van der Waals surface area contributed by atoms with E-state index in [0.29, 0.717) is 13.0 Å². The van der Waals surface area contributed by atoms with Crippen molar-refractivity contribution in [2.45, 2.75) is 33.1 Å². The highest BCUT2D eigenvalue weighted by molar-refractivity contribution is 7.91. The number of hydrogen-bond acceptors (Lipinski definition) is 5. The van der Waals surface area contributed by atoms with E-state index in [9.17, 15) is 8.42 Å². The maximum absolute atomic E-state index is 11.7. The standard InChI is InChI=1S/C12H24N2O3S/c1-3-8-18(16,17)9-7-14-6-5-12(13-15)11(4-2)10-14/h11,15H,3-10H2,1-2H3. The number of nitrogens with zero attached hydrogens (tertiary/aromatic N) is 2. The predicted molar refractivity (Wildman–Crippen MR) is 73.0 cm³/mol. The summed E-state index contributed by atoms with van der Waals surface area (Å²) < 4.78 is 23.3. The first-order chi connectivity index (χ1) is 8.52. The van der Waals surface area contributed by atoms with Gasteiger partial charge in [-0.05, 0) is 12.8 Å². The first-order valence-corrected chi connectivity index (χ1v) is 8.48.